The van der Waals surface area contributed by atoms with Crippen molar-refractivity contribution in [3.63, 3.8) is 0 Å². The highest BCUT2D eigenvalue weighted by molar-refractivity contribution is 5.70. The fraction of sp³-hybridized carbons (Fsp3) is 0.143. The Balaban J connectivity index is 3.04. The molecule has 0 saturated carbocycles. The van der Waals surface area contributed by atoms with Crippen LogP contribution in [-0.4, -0.2) is 19.9 Å². The Labute approximate surface area is 71.7 Å². The molecule has 0 amide bonds. The summed E-state index contributed by atoms with van der Waals surface area (Å²) >= 11 is 0. The number of H-pyrrole nitrogens is 2. The van der Waals surface area contributed by atoms with Gasteiger partial charge in [0.25, 0.3) is 5.56 Å². The molecule has 2 aromatic heterocycles. The predicted molar refractivity (Wildman–Crippen MR) is 45.5 cm³/mol. The highest BCUT2D eigenvalue weighted by atomic mass is 16.2. The predicted octanol–water partition coefficient (Wildman–Crippen LogP) is -0.685. The topological polar surface area (TPSA) is 91.5 Å². The zero-order chi connectivity index (χ0) is 9.42. The van der Waals surface area contributed by atoms with Crippen LogP contribution in [0.3, 0.4) is 0 Å². The van der Waals surface area contributed by atoms with Gasteiger partial charge in [0.05, 0.1) is 11.7 Å². The maximum Gasteiger partial charge on any atom is 0.326 e. The summed E-state index contributed by atoms with van der Waals surface area (Å²) in [5.41, 5.74) is -0.499. The molecule has 2 heterocycles. The summed E-state index contributed by atoms with van der Waals surface area (Å²) < 4.78 is 0. The monoisotopic (exact) mass is 178 g/mol. The van der Waals surface area contributed by atoms with Gasteiger partial charge in [0.2, 0.25) is 0 Å². The third-order valence-electron chi connectivity index (χ3n) is 1.60. The molecule has 0 radical (unpaired) electrons. The minimum Gasteiger partial charge on any atom is -0.304 e. The molecule has 13 heavy (non-hydrogen) atoms. The lowest BCUT2D eigenvalue weighted by Crippen LogP contribution is -2.22. The molecule has 0 aliphatic carbocycles. The number of fused-ring (bicyclic) bond motifs is 1. The molecule has 0 aromatic carbocycles. The van der Waals surface area contributed by atoms with Crippen LogP contribution >= 0.6 is 0 Å². The van der Waals surface area contributed by atoms with Crippen molar-refractivity contribution in [2.45, 2.75) is 6.92 Å². The van der Waals surface area contributed by atoms with Crippen LogP contribution in [0.25, 0.3) is 11.0 Å². The smallest absolute Gasteiger partial charge is 0.304 e. The van der Waals surface area contributed by atoms with Gasteiger partial charge in [0.1, 0.15) is 5.82 Å². The molecule has 0 bridgehead atoms. The Bertz CT molecular complexity index is 568. The second kappa shape index (κ2) is 2.51. The van der Waals surface area contributed by atoms with Crippen molar-refractivity contribution < 1.29 is 0 Å². The van der Waals surface area contributed by atoms with E-state index in [9.17, 15) is 9.59 Å². The van der Waals surface area contributed by atoms with Crippen LogP contribution in [0.2, 0.25) is 0 Å². The molecule has 0 aliphatic heterocycles. The summed E-state index contributed by atoms with van der Waals surface area (Å²) in [6, 6.07) is 0. The number of aromatic amines is 2. The zero-order valence-electron chi connectivity index (χ0n) is 6.79. The normalized spacial score (nSPS) is 10.5. The average Bonchev–Trinajstić information content (AvgIpc) is 2.06. The van der Waals surface area contributed by atoms with E-state index in [2.05, 4.69) is 19.9 Å². The van der Waals surface area contributed by atoms with Gasteiger partial charge in [0, 0.05) is 0 Å². The molecular weight excluding hydrogens is 172 g/mol. The van der Waals surface area contributed by atoms with Gasteiger partial charge in [-0.2, -0.15) is 0 Å². The number of aromatic nitrogens is 4. The van der Waals surface area contributed by atoms with E-state index in [1.807, 2.05) is 0 Å². The van der Waals surface area contributed by atoms with Gasteiger partial charge < -0.3 is 4.98 Å². The van der Waals surface area contributed by atoms with Crippen LogP contribution in [0.5, 0.6) is 0 Å². The molecule has 0 saturated heterocycles. The fourth-order valence-electron chi connectivity index (χ4n) is 1.05. The minimum absolute atomic E-state index is 0.201. The largest absolute Gasteiger partial charge is 0.326 e. The van der Waals surface area contributed by atoms with E-state index in [1.54, 1.807) is 6.92 Å². The third-order valence-corrected chi connectivity index (χ3v) is 1.60. The zero-order valence-corrected chi connectivity index (χ0v) is 6.79. The number of hydrogen-bond donors (Lipinski definition) is 2. The van der Waals surface area contributed by atoms with Crippen molar-refractivity contribution in [2.75, 3.05) is 0 Å². The molecule has 6 heteroatoms. The summed E-state index contributed by atoms with van der Waals surface area (Å²) in [6.07, 6.45) is 1.41. The maximum atomic E-state index is 11.2. The lowest BCUT2D eigenvalue weighted by molar-refractivity contribution is 1.02. The summed E-state index contributed by atoms with van der Waals surface area (Å²) in [4.78, 5) is 34.3. The van der Waals surface area contributed by atoms with E-state index < -0.39 is 11.2 Å². The van der Waals surface area contributed by atoms with Gasteiger partial charge in [-0.25, -0.2) is 14.8 Å². The first-order valence-electron chi connectivity index (χ1n) is 3.63. The number of aryl methyl sites for hydroxylation is 1. The summed E-state index contributed by atoms with van der Waals surface area (Å²) in [5.74, 6) is 0.491. The van der Waals surface area contributed by atoms with E-state index in [-0.39, 0.29) is 5.52 Å². The van der Waals surface area contributed by atoms with Crippen LogP contribution in [0.1, 0.15) is 5.82 Å². The SMILES string of the molecule is Cc1ncc2[nH]c(=O)[nH]c(=O)c2n1. The van der Waals surface area contributed by atoms with E-state index in [0.29, 0.717) is 11.3 Å². The summed E-state index contributed by atoms with van der Waals surface area (Å²) in [6.45, 7) is 1.67. The highest BCUT2D eigenvalue weighted by Crippen LogP contribution is 1.97. The fourth-order valence-corrected chi connectivity index (χ4v) is 1.05. The van der Waals surface area contributed by atoms with E-state index in [1.165, 1.54) is 6.20 Å². The molecular formula is C7H6N4O2. The molecule has 66 valence electrons. The van der Waals surface area contributed by atoms with Crippen molar-refractivity contribution in [1.29, 1.82) is 0 Å². The van der Waals surface area contributed by atoms with Gasteiger partial charge in [0.15, 0.2) is 5.52 Å². The molecule has 6 nitrogen and oxygen atoms in total. The Morgan fingerprint density at radius 3 is 2.85 bits per heavy atom. The Morgan fingerprint density at radius 1 is 1.31 bits per heavy atom. The van der Waals surface area contributed by atoms with Crippen molar-refractivity contribution in [3.8, 4) is 0 Å². The van der Waals surface area contributed by atoms with Crippen molar-refractivity contribution in [2.24, 2.45) is 0 Å². The highest BCUT2D eigenvalue weighted by Gasteiger charge is 2.01. The van der Waals surface area contributed by atoms with Crippen molar-refractivity contribution in [3.05, 3.63) is 32.9 Å². The number of nitrogens with one attached hydrogen (secondary N) is 2. The molecule has 0 fully saturated rings. The Morgan fingerprint density at radius 2 is 2.08 bits per heavy atom. The average molecular weight is 178 g/mol. The quantitative estimate of drug-likeness (QED) is 0.558. The van der Waals surface area contributed by atoms with Crippen LogP contribution < -0.4 is 11.2 Å². The summed E-state index contributed by atoms with van der Waals surface area (Å²) in [7, 11) is 0. The first-order chi connectivity index (χ1) is 6.16. The molecule has 2 N–H and O–H groups in total. The lowest BCUT2D eigenvalue weighted by Gasteiger charge is -1.94. The van der Waals surface area contributed by atoms with Crippen molar-refractivity contribution in [1.82, 2.24) is 19.9 Å². The lowest BCUT2D eigenvalue weighted by atomic mass is 10.4. The van der Waals surface area contributed by atoms with Gasteiger partial charge in [-0.3, -0.25) is 9.78 Å². The van der Waals surface area contributed by atoms with Crippen LogP contribution in [0, 0.1) is 6.92 Å². The van der Waals surface area contributed by atoms with E-state index >= 15 is 0 Å². The number of hydrogen-bond acceptors (Lipinski definition) is 4. The van der Waals surface area contributed by atoms with E-state index in [0.717, 1.165) is 0 Å². The molecule has 2 aromatic rings. The first-order valence-corrected chi connectivity index (χ1v) is 3.63. The minimum atomic E-state index is -0.551. The van der Waals surface area contributed by atoms with Gasteiger partial charge >= 0.3 is 5.69 Å². The third kappa shape index (κ3) is 1.22. The van der Waals surface area contributed by atoms with Crippen LogP contribution in [0.4, 0.5) is 0 Å². The standard InChI is InChI=1S/C7H6N4O2/c1-3-8-2-4-5(9-3)6(12)11-7(13)10-4/h2H,1H3,(H2,10,11,12,13). The molecule has 0 atom stereocenters. The number of nitrogens with zero attached hydrogens (tertiary/aromatic N) is 2. The van der Waals surface area contributed by atoms with Crippen molar-refractivity contribution >= 4 is 11.0 Å². The maximum absolute atomic E-state index is 11.2. The van der Waals surface area contributed by atoms with E-state index in [4.69, 9.17) is 0 Å². The summed E-state index contributed by atoms with van der Waals surface area (Å²) in [5, 5.41) is 0. The molecule has 2 rings (SSSR count). The van der Waals surface area contributed by atoms with Crippen LogP contribution in [-0.2, 0) is 0 Å². The van der Waals surface area contributed by atoms with Gasteiger partial charge in [-0.15, -0.1) is 0 Å². The molecule has 0 unspecified atom stereocenters. The first kappa shape index (κ1) is 7.66. The van der Waals surface area contributed by atoms with Gasteiger partial charge in [-0.1, -0.05) is 0 Å². The molecule has 0 spiro atoms. The Hall–Kier alpha value is -1.98. The van der Waals surface area contributed by atoms with Crippen LogP contribution in [0.15, 0.2) is 15.8 Å². The second-order valence-corrected chi connectivity index (χ2v) is 2.59. The van der Waals surface area contributed by atoms with Gasteiger partial charge in [-0.05, 0) is 6.92 Å². The number of rotatable bonds is 0. The second-order valence-electron chi connectivity index (χ2n) is 2.59. The Kier molecular flexibility index (Phi) is 1.48. The molecule has 0 aliphatic rings.